The van der Waals surface area contributed by atoms with Gasteiger partial charge in [0, 0.05) is 31.9 Å². The van der Waals surface area contributed by atoms with Gasteiger partial charge < -0.3 is 14.5 Å². The van der Waals surface area contributed by atoms with Crippen LogP contribution in [0.4, 0.5) is 4.79 Å². The van der Waals surface area contributed by atoms with Crippen molar-refractivity contribution in [3.8, 4) is 0 Å². The highest BCUT2D eigenvalue weighted by Gasteiger charge is 2.29. The first-order valence-electron chi connectivity index (χ1n) is 16.0. The fraction of sp³-hybridized carbons (Fsp3) is 0.568. The van der Waals surface area contributed by atoms with Crippen molar-refractivity contribution in [2.75, 3.05) is 54.4 Å². The van der Waals surface area contributed by atoms with E-state index in [4.69, 9.17) is 9.73 Å². The first kappa shape index (κ1) is 34.5. The van der Waals surface area contributed by atoms with Gasteiger partial charge >= 0.3 is 6.09 Å². The molecule has 0 radical (unpaired) electrons. The van der Waals surface area contributed by atoms with Crippen LogP contribution in [0.15, 0.2) is 59.6 Å². The predicted molar refractivity (Wildman–Crippen MR) is 182 cm³/mol. The van der Waals surface area contributed by atoms with Crippen molar-refractivity contribution in [1.82, 2.24) is 14.7 Å². The number of benzene rings is 2. The van der Waals surface area contributed by atoms with Crippen molar-refractivity contribution in [2.45, 2.75) is 72.3 Å². The van der Waals surface area contributed by atoms with Gasteiger partial charge in [0.1, 0.15) is 5.60 Å². The average Bonchev–Trinajstić information content (AvgIpc) is 2.95. The Kier molecular flexibility index (Phi) is 13.0. The highest BCUT2D eigenvalue weighted by molar-refractivity contribution is 6.00. The second-order valence-electron chi connectivity index (χ2n) is 14.0. The Morgan fingerprint density at radius 3 is 1.86 bits per heavy atom. The zero-order chi connectivity index (χ0) is 31.6. The topological polar surface area (TPSA) is 48.4 Å². The molecule has 0 N–H and O–H groups in total. The molecule has 6 nitrogen and oxygen atoms in total. The number of rotatable bonds is 8. The van der Waals surface area contributed by atoms with E-state index in [1.807, 2.05) is 20.8 Å². The third kappa shape index (κ3) is 11.9. The second kappa shape index (κ2) is 16.2. The summed E-state index contributed by atoms with van der Waals surface area (Å²) in [5, 5.41) is 0. The van der Waals surface area contributed by atoms with Crippen molar-refractivity contribution in [2.24, 2.45) is 16.8 Å². The summed E-state index contributed by atoms with van der Waals surface area (Å²) in [7, 11) is 8.40. The lowest BCUT2D eigenvalue weighted by Crippen LogP contribution is -2.39. The Balaban J connectivity index is 0.000000248. The average molecular weight is 589 g/mol. The predicted octanol–water partition coefficient (Wildman–Crippen LogP) is 7.42. The maximum atomic E-state index is 12.6. The van der Waals surface area contributed by atoms with Crippen LogP contribution in [0.3, 0.4) is 0 Å². The van der Waals surface area contributed by atoms with Gasteiger partial charge in [-0.05, 0) is 115 Å². The Morgan fingerprint density at radius 1 is 0.860 bits per heavy atom. The second-order valence-corrected chi connectivity index (χ2v) is 14.0. The van der Waals surface area contributed by atoms with Crippen molar-refractivity contribution >= 4 is 17.5 Å². The molecule has 0 spiro atoms. The molecular formula is C37H56N4O2. The summed E-state index contributed by atoms with van der Waals surface area (Å²) < 4.78 is 5.61. The lowest BCUT2D eigenvalue weighted by atomic mass is 9.95. The monoisotopic (exact) mass is 588 g/mol. The molecule has 0 aliphatic carbocycles. The molecule has 0 saturated heterocycles. The number of carbonyl (C=O) groups is 1. The van der Waals surface area contributed by atoms with Gasteiger partial charge in [0.2, 0.25) is 0 Å². The van der Waals surface area contributed by atoms with Crippen molar-refractivity contribution in [3.05, 3.63) is 76.9 Å². The van der Waals surface area contributed by atoms with Crippen molar-refractivity contribution in [1.29, 1.82) is 0 Å². The maximum Gasteiger partial charge on any atom is 0.414 e. The van der Waals surface area contributed by atoms with Crippen molar-refractivity contribution < 1.29 is 9.53 Å². The summed E-state index contributed by atoms with van der Waals surface area (Å²) in [4.78, 5) is 23.5. The molecule has 0 bridgehead atoms. The number of likely N-dealkylation sites (N-methyl/N-ethyl adjacent to an activating group) is 2. The molecule has 0 aromatic heterocycles. The number of aliphatic imine (C=N–C) groups is 1. The summed E-state index contributed by atoms with van der Waals surface area (Å²) in [5.41, 5.74) is 6.89. The third-order valence-electron chi connectivity index (χ3n) is 7.81. The van der Waals surface area contributed by atoms with E-state index in [-0.39, 0.29) is 6.09 Å². The minimum absolute atomic E-state index is 0.262. The smallest absolute Gasteiger partial charge is 0.414 e. The van der Waals surface area contributed by atoms with E-state index in [0.29, 0.717) is 12.5 Å². The zero-order valence-electron chi connectivity index (χ0n) is 28.3. The molecule has 2 atom stereocenters. The van der Waals surface area contributed by atoms with Crippen LogP contribution in [0.25, 0.3) is 5.70 Å². The van der Waals surface area contributed by atoms with Crippen LogP contribution in [0, 0.1) is 11.8 Å². The summed E-state index contributed by atoms with van der Waals surface area (Å²) >= 11 is 0. The van der Waals surface area contributed by atoms with Gasteiger partial charge in [0.15, 0.2) is 0 Å². The molecule has 2 aromatic rings. The molecule has 4 rings (SSSR count). The van der Waals surface area contributed by atoms with Crippen LogP contribution in [-0.2, 0) is 17.6 Å². The molecule has 236 valence electrons. The van der Waals surface area contributed by atoms with E-state index in [9.17, 15) is 4.79 Å². The Bertz CT molecular complexity index is 1210. The molecule has 43 heavy (non-hydrogen) atoms. The molecule has 2 heterocycles. The standard InChI is InChI=1S/C21H32N2O2.C16H24N2/c1-16-7-12-19(23(15-16)20(24)25-21(2,3)4)18-10-8-17(9-11-18)13-14-22(5)6;1-13-4-9-16(17-12-13)15-7-5-14(6-8-15)10-11-18(2)3/h8-12,16H,7,13-15H2,1-6H3;5-8,13H,4,9-12H2,1-3H3/t16-;13-/m00/s1. The fourth-order valence-electron chi connectivity index (χ4n) is 5.14. The van der Waals surface area contributed by atoms with Gasteiger partial charge in [0.05, 0.1) is 5.70 Å². The van der Waals surface area contributed by atoms with Gasteiger partial charge in [-0.15, -0.1) is 0 Å². The van der Waals surface area contributed by atoms with E-state index in [1.165, 1.54) is 28.8 Å². The Hall–Kier alpha value is -2.96. The maximum absolute atomic E-state index is 12.6. The van der Waals surface area contributed by atoms with Crippen LogP contribution < -0.4 is 0 Å². The molecule has 0 fully saturated rings. The van der Waals surface area contributed by atoms with E-state index in [1.54, 1.807) is 4.90 Å². The van der Waals surface area contributed by atoms with Crippen molar-refractivity contribution in [3.63, 3.8) is 0 Å². The SMILES string of the molecule is C[C@H]1CC=C(c2ccc(CCN(C)C)cc2)N(C(=O)OC(C)(C)C)C1.C[C@H]1CCC(c2ccc(CCN(C)C)cc2)=NC1. The highest BCUT2D eigenvalue weighted by Crippen LogP contribution is 2.29. The van der Waals surface area contributed by atoms with E-state index in [0.717, 1.165) is 62.5 Å². The molecule has 2 aromatic carbocycles. The number of nitrogens with zero attached hydrogens (tertiary/aromatic N) is 4. The normalized spacial score (nSPS) is 19.0. The van der Waals surface area contributed by atoms with E-state index >= 15 is 0 Å². The number of ether oxygens (including phenoxy) is 1. The Labute approximate surface area is 261 Å². The van der Waals surface area contributed by atoms with E-state index < -0.39 is 5.60 Å². The lowest BCUT2D eigenvalue weighted by Gasteiger charge is -2.34. The number of hydrogen-bond donors (Lipinski definition) is 0. The molecule has 2 aliphatic rings. The molecule has 0 unspecified atom stereocenters. The van der Waals surface area contributed by atoms with Gasteiger partial charge in [-0.25, -0.2) is 4.79 Å². The number of hydrogen-bond acceptors (Lipinski definition) is 5. The van der Waals surface area contributed by atoms with Crippen LogP contribution in [0.1, 0.15) is 76.1 Å². The highest BCUT2D eigenvalue weighted by atomic mass is 16.6. The first-order chi connectivity index (χ1) is 20.3. The Morgan fingerprint density at radius 2 is 1.40 bits per heavy atom. The summed E-state index contributed by atoms with van der Waals surface area (Å²) in [6.45, 7) is 14.0. The summed E-state index contributed by atoms with van der Waals surface area (Å²) in [5.74, 6) is 1.20. The quantitative estimate of drug-likeness (QED) is 0.322. The molecular weight excluding hydrogens is 532 g/mol. The summed E-state index contributed by atoms with van der Waals surface area (Å²) in [6, 6.07) is 17.5. The molecule has 0 saturated carbocycles. The minimum Gasteiger partial charge on any atom is -0.443 e. The number of carbonyl (C=O) groups excluding carboxylic acids is 1. The van der Waals surface area contributed by atoms with Crippen LogP contribution >= 0.6 is 0 Å². The third-order valence-corrected chi connectivity index (χ3v) is 7.81. The lowest BCUT2D eigenvalue weighted by molar-refractivity contribution is 0.0327. The first-order valence-corrected chi connectivity index (χ1v) is 16.0. The van der Waals surface area contributed by atoms with Crippen LogP contribution in [-0.4, -0.2) is 86.5 Å². The van der Waals surface area contributed by atoms with Gasteiger partial charge in [-0.1, -0.05) is 68.5 Å². The van der Waals surface area contributed by atoms with Crippen LogP contribution in [0.5, 0.6) is 0 Å². The largest absolute Gasteiger partial charge is 0.443 e. The van der Waals surface area contributed by atoms with Gasteiger partial charge in [-0.2, -0.15) is 0 Å². The minimum atomic E-state index is -0.487. The molecule has 6 heteroatoms. The molecule has 1 amide bonds. The number of allylic oxidation sites excluding steroid dienone is 1. The van der Waals surface area contributed by atoms with Gasteiger partial charge in [0.25, 0.3) is 0 Å². The van der Waals surface area contributed by atoms with Crippen LogP contribution in [0.2, 0.25) is 0 Å². The zero-order valence-corrected chi connectivity index (χ0v) is 28.3. The van der Waals surface area contributed by atoms with Gasteiger partial charge in [-0.3, -0.25) is 9.89 Å². The fourth-order valence-corrected chi connectivity index (χ4v) is 5.14. The van der Waals surface area contributed by atoms with E-state index in [2.05, 4.69) is 106 Å². The number of amides is 1. The molecule has 2 aliphatic heterocycles. The summed E-state index contributed by atoms with van der Waals surface area (Å²) in [6.07, 6.45) is 7.45.